The molecule has 3 rings (SSSR count). The topological polar surface area (TPSA) is 93.2 Å². The lowest BCUT2D eigenvalue weighted by atomic mass is 9.77. The van der Waals surface area contributed by atoms with Crippen LogP contribution in [0.25, 0.3) is 0 Å². The van der Waals surface area contributed by atoms with Crippen LogP contribution in [0.4, 0.5) is 10.1 Å². The minimum Gasteiger partial charge on any atom is -0.390 e. The molecule has 0 radical (unpaired) electrons. The molecule has 0 spiro atoms. The van der Waals surface area contributed by atoms with Crippen LogP contribution in [-0.2, 0) is 6.54 Å². The highest BCUT2D eigenvalue weighted by Crippen LogP contribution is 2.37. The Hall–Kier alpha value is -2.32. The van der Waals surface area contributed by atoms with E-state index in [0.717, 1.165) is 24.6 Å². The molecule has 0 amide bonds. The molecule has 134 valence electrons. The molecule has 0 saturated heterocycles. The van der Waals surface area contributed by atoms with Gasteiger partial charge in [0, 0.05) is 12.6 Å². The fourth-order valence-electron chi connectivity index (χ4n) is 3.09. The number of nitrogens with one attached hydrogen (secondary N) is 1. The molecule has 1 saturated carbocycles. The first-order chi connectivity index (χ1) is 12.0. The minimum absolute atomic E-state index is 0.0657. The normalized spacial score (nSPS) is 17.0. The summed E-state index contributed by atoms with van der Waals surface area (Å²) in [7, 11) is 0. The zero-order valence-corrected chi connectivity index (χ0v) is 13.7. The average molecular weight is 348 g/mol. The van der Waals surface area contributed by atoms with Gasteiger partial charge < -0.3 is 10.4 Å². The Morgan fingerprint density at radius 2 is 2.12 bits per heavy atom. The molecule has 7 nitrogen and oxygen atoms in total. The second-order valence-corrected chi connectivity index (χ2v) is 6.46. The summed E-state index contributed by atoms with van der Waals surface area (Å²) in [5, 5.41) is 28.1. The zero-order chi connectivity index (χ0) is 17.8. The van der Waals surface area contributed by atoms with Gasteiger partial charge in [0.15, 0.2) is 0 Å². The molecule has 2 aromatic rings. The molecular formula is C17H21FN4O3. The Balaban J connectivity index is 1.58. The van der Waals surface area contributed by atoms with Gasteiger partial charge in [-0.15, -0.1) is 0 Å². The van der Waals surface area contributed by atoms with Gasteiger partial charge in [-0.05, 0) is 36.5 Å². The van der Waals surface area contributed by atoms with Gasteiger partial charge in [0.25, 0.3) is 0 Å². The molecule has 25 heavy (non-hydrogen) atoms. The summed E-state index contributed by atoms with van der Waals surface area (Å²) in [6.45, 7) is 0.494. The van der Waals surface area contributed by atoms with E-state index in [1.807, 2.05) is 0 Å². The Labute approximate surface area is 144 Å². The number of aliphatic hydroxyl groups excluding tert-OH is 1. The van der Waals surface area contributed by atoms with Crippen molar-refractivity contribution in [2.75, 3.05) is 6.54 Å². The summed E-state index contributed by atoms with van der Waals surface area (Å²) in [4.78, 5) is 10.1. The van der Waals surface area contributed by atoms with Gasteiger partial charge >= 0.3 is 5.69 Å². The second kappa shape index (κ2) is 7.71. The Morgan fingerprint density at radius 1 is 1.40 bits per heavy atom. The number of halogens is 1. The van der Waals surface area contributed by atoms with Gasteiger partial charge in [-0.3, -0.25) is 14.8 Å². The predicted molar refractivity (Wildman–Crippen MR) is 89.4 cm³/mol. The van der Waals surface area contributed by atoms with E-state index in [1.54, 1.807) is 12.1 Å². The van der Waals surface area contributed by atoms with Crippen molar-refractivity contribution in [2.45, 2.75) is 38.0 Å². The van der Waals surface area contributed by atoms with Crippen molar-refractivity contribution in [3.63, 3.8) is 0 Å². The number of hydrogen-bond donors (Lipinski definition) is 2. The highest BCUT2D eigenvalue weighted by Gasteiger charge is 2.28. The number of rotatable bonds is 8. The minimum atomic E-state index is -0.734. The molecule has 8 heteroatoms. The van der Waals surface area contributed by atoms with Gasteiger partial charge in [-0.1, -0.05) is 18.6 Å². The van der Waals surface area contributed by atoms with Crippen LogP contribution in [0.15, 0.2) is 36.7 Å². The first-order valence-corrected chi connectivity index (χ1v) is 8.36. The molecule has 2 atom stereocenters. The highest BCUT2D eigenvalue weighted by atomic mass is 19.1. The maximum absolute atomic E-state index is 13.1. The molecule has 0 aliphatic heterocycles. The number of hydrogen-bond acceptors (Lipinski definition) is 5. The lowest BCUT2D eigenvalue weighted by Crippen LogP contribution is -2.38. The third kappa shape index (κ3) is 4.40. The van der Waals surface area contributed by atoms with Crippen LogP contribution in [0.1, 0.15) is 30.9 Å². The Morgan fingerprint density at radius 3 is 2.68 bits per heavy atom. The summed E-state index contributed by atoms with van der Waals surface area (Å²) in [5.74, 6) is 0.208. The quantitative estimate of drug-likeness (QED) is 0.564. The number of nitro groups is 1. The molecule has 2 unspecified atom stereocenters. The van der Waals surface area contributed by atoms with Crippen molar-refractivity contribution >= 4 is 5.69 Å². The van der Waals surface area contributed by atoms with Crippen LogP contribution in [0, 0.1) is 21.8 Å². The summed E-state index contributed by atoms with van der Waals surface area (Å²) in [5.41, 5.74) is 0.909. The smallest absolute Gasteiger partial charge is 0.306 e. The first kappa shape index (κ1) is 17.5. The predicted octanol–water partition coefficient (Wildman–Crippen LogP) is 2.42. The molecule has 2 N–H and O–H groups in total. The summed E-state index contributed by atoms with van der Waals surface area (Å²) >= 11 is 0. The molecule has 1 aliphatic rings. The maximum Gasteiger partial charge on any atom is 0.306 e. The van der Waals surface area contributed by atoms with E-state index < -0.39 is 11.0 Å². The van der Waals surface area contributed by atoms with Crippen LogP contribution >= 0.6 is 0 Å². The van der Waals surface area contributed by atoms with Crippen LogP contribution in [-0.4, -0.2) is 32.5 Å². The van der Waals surface area contributed by atoms with Crippen molar-refractivity contribution < 1.29 is 14.4 Å². The van der Waals surface area contributed by atoms with Gasteiger partial charge in [-0.25, -0.2) is 4.39 Å². The first-order valence-electron chi connectivity index (χ1n) is 8.36. The van der Waals surface area contributed by atoms with Crippen molar-refractivity contribution in [1.82, 2.24) is 15.1 Å². The largest absolute Gasteiger partial charge is 0.390 e. The number of benzene rings is 1. The van der Waals surface area contributed by atoms with E-state index in [9.17, 15) is 19.6 Å². The van der Waals surface area contributed by atoms with Gasteiger partial charge in [-0.2, -0.15) is 5.10 Å². The van der Waals surface area contributed by atoms with E-state index in [4.69, 9.17) is 0 Å². The van der Waals surface area contributed by atoms with Gasteiger partial charge in [0.2, 0.25) is 0 Å². The van der Waals surface area contributed by atoms with E-state index in [1.165, 1.54) is 29.4 Å². The molecule has 1 aromatic heterocycles. The second-order valence-electron chi connectivity index (χ2n) is 6.46. The average Bonchev–Trinajstić information content (AvgIpc) is 2.99. The van der Waals surface area contributed by atoms with E-state index in [0.29, 0.717) is 12.5 Å². The number of aliphatic hydroxyl groups is 1. The molecular weight excluding hydrogens is 327 g/mol. The molecule has 1 aliphatic carbocycles. The van der Waals surface area contributed by atoms with E-state index in [-0.39, 0.29) is 24.1 Å². The van der Waals surface area contributed by atoms with Crippen LogP contribution in [0.5, 0.6) is 0 Å². The van der Waals surface area contributed by atoms with E-state index in [2.05, 4.69) is 10.4 Å². The van der Waals surface area contributed by atoms with Crippen molar-refractivity contribution in [2.24, 2.45) is 5.92 Å². The van der Waals surface area contributed by atoms with Crippen LogP contribution < -0.4 is 5.32 Å². The highest BCUT2D eigenvalue weighted by molar-refractivity contribution is 5.22. The molecule has 0 bridgehead atoms. The lowest BCUT2D eigenvalue weighted by Gasteiger charge is -2.35. The summed E-state index contributed by atoms with van der Waals surface area (Å²) < 4.78 is 14.5. The summed E-state index contributed by atoms with van der Waals surface area (Å²) in [6.07, 6.45) is 5.13. The Bertz CT molecular complexity index is 715. The van der Waals surface area contributed by atoms with Crippen LogP contribution in [0.3, 0.4) is 0 Å². The van der Waals surface area contributed by atoms with Gasteiger partial charge in [0.05, 0.1) is 17.6 Å². The third-order valence-corrected chi connectivity index (χ3v) is 4.65. The Kier molecular flexibility index (Phi) is 5.40. The molecule has 1 aromatic carbocycles. The SMILES string of the molecule is O=[N+]([O-])c1cnn(CC(O)CNC(c2ccc(F)cc2)C2CCC2)c1. The van der Waals surface area contributed by atoms with Crippen molar-refractivity contribution in [3.8, 4) is 0 Å². The van der Waals surface area contributed by atoms with Crippen molar-refractivity contribution in [3.05, 3.63) is 58.2 Å². The number of nitrogens with zero attached hydrogens (tertiary/aromatic N) is 3. The van der Waals surface area contributed by atoms with Gasteiger partial charge in [0.1, 0.15) is 18.2 Å². The monoisotopic (exact) mass is 348 g/mol. The fourth-order valence-corrected chi connectivity index (χ4v) is 3.09. The lowest BCUT2D eigenvalue weighted by molar-refractivity contribution is -0.385. The molecule has 1 heterocycles. The van der Waals surface area contributed by atoms with Crippen molar-refractivity contribution in [1.29, 1.82) is 0 Å². The standard InChI is InChI=1S/C17H21FN4O3/c18-14-6-4-13(5-7-14)17(12-2-1-3-12)19-9-16(23)11-21-10-15(8-20-21)22(24)25/h4-8,10,12,16-17,19,23H,1-3,9,11H2. The zero-order valence-electron chi connectivity index (χ0n) is 13.7. The third-order valence-electron chi connectivity index (χ3n) is 4.65. The fraction of sp³-hybridized carbons (Fsp3) is 0.471. The molecule has 1 fully saturated rings. The summed E-state index contributed by atoms with van der Waals surface area (Å²) in [6, 6.07) is 6.50. The maximum atomic E-state index is 13.1. The van der Waals surface area contributed by atoms with E-state index >= 15 is 0 Å². The van der Waals surface area contributed by atoms with Crippen LogP contribution in [0.2, 0.25) is 0 Å². The number of aromatic nitrogens is 2.